The second-order valence-corrected chi connectivity index (χ2v) is 7.81. The number of rotatable bonds is 2. The van der Waals surface area contributed by atoms with Gasteiger partial charge >= 0.3 is 0 Å². The van der Waals surface area contributed by atoms with Gasteiger partial charge in [-0.2, -0.15) is 0 Å². The molecule has 2 N–H and O–H groups in total. The van der Waals surface area contributed by atoms with Crippen LogP contribution in [0.1, 0.15) is 30.6 Å². The first-order chi connectivity index (χ1) is 11.1. The number of anilines is 1. The first kappa shape index (κ1) is 16.5. The molecule has 3 rings (SSSR count). The van der Waals surface area contributed by atoms with Gasteiger partial charge in [0, 0.05) is 44.2 Å². The van der Waals surface area contributed by atoms with Crippen LogP contribution in [0.3, 0.4) is 0 Å². The predicted molar refractivity (Wildman–Crippen MR) is 92.6 cm³/mol. The smallest absolute Gasteiger partial charge is 0.255 e. The van der Waals surface area contributed by atoms with E-state index in [-0.39, 0.29) is 17.1 Å². The Kier molecular flexibility index (Phi) is 3.66. The lowest BCUT2D eigenvalue weighted by Gasteiger charge is -2.53. The van der Waals surface area contributed by atoms with Crippen molar-refractivity contribution in [1.29, 1.82) is 0 Å². The monoisotopic (exact) mass is 328 g/mol. The van der Waals surface area contributed by atoms with Crippen molar-refractivity contribution in [3.05, 3.63) is 35.7 Å². The van der Waals surface area contributed by atoms with E-state index in [0.29, 0.717) is 24.4 Å². The van der Waals surface area contributed by atoms with Gasteiger partial charge in [0.15, 0.2) is 5.78 Å². The molecule has 0 aromatic carbocycles. The van der Waals surface area contributed by atoms with E-state index in [1.165, 1.54) is 0 Å². The number of Topliss-reactive ketones (excluding diaryl/α,β-unsaturated/α-hetero) is 1. The standard InChI is InChI=1S/C18H24N4O2/c1-17(2)9-18(7-13(19)15(17)23)10-22(11-18)16(24)12-5-6-14(20-8-12)21(3)4/h5-8H,9-11,19H2,1-4H3. The number of carbonyl (C=O) groups is 2. The quantitative estimate of drug-likeness (QED) is 0.888. The molecular formula is C18H24N4O2. The number of nitrogens with zero attached hydrogens (tertiary/aromatic N) is 3. The van der Waals surface area contributed by atoms with E-state index in [2.05, 4.69) is 4.98 Å². The Morgan fingerprint density at radius 2 is 1.96 bits per heavy atom. The molecule has 1 fully saturated rings. The van der Waals surface area contributed by atoms with Crippen LogP contribution in [-0.4, -0.2) is 48.8 Å². The van der Waals surface area contributed by atoms with Crippen molar-refractivity contribution in [3.8, 4) is 0 Å². The van der Waals surface area contributed by atoms with Crippen molar-refractivity contribution < 1.29 is 9.59 Å². The molecule has 2 aliphatic rings. The second-order valence-electron chi connectivity index (χ2n) is 7.81. The number of hydrogen-bond acceptors (Lipinski definition) is 5. The van der Waals surface area contributed by atoms with Crippen LogP contribution in [0.4, 0.5) is 5.82 Å². The van der Waals surface area contributed by atoms with Gasteiger partial charge in [0.05, 0.1) is 11.3 Å². The average molecular weight is 328 g/mol. The fraction of sp³-hybridized carbons (Fsp3) is 0.500. The van der Waals surface area contributed by atoms with Crippen molar-refractivity contribution >= 4 is 17.5 Å². The molecule has 24 heavy (non-hydrogen) atoms. The SMILES string of the molecule is CN(C)c1ccc(C(=O)N2CC3(C=C(N)C(=O)C(C)(C)C3)C2)cn1. The molecule has 2 heterocycles. The Morgan fingerprint density at radius 1 is 1.29 bits per heavy atom. The average Bonchev–Trinajstić information content (AvgIpc) is 2.49. The Morgan fingerprint density at radius 3 is 2.46 bits per heavy atom. The lowest BCUT2D eigenvalue weighted by molar-refractivity contribution is -0.127. The number of nitrogens with two attached hydrogens (primary N) is 1. The highest BCUT2D eigenvalue weighted by Gasteiger charge is 2.51. The van der Waals surface area contributed by atoms with Crippen LogP contribution in [-0.2, 0) is 4.79 Å². The van der Waals surface area contributed by atoms with Crippen molar-refractivity contribution in [2.75, 3.05) is 32.1 Å². The topological polar surface area (TPSA) is 79.5 Å². The largest absolute Gasteiger partial charge is 0.396 e. The van der Waals surface area contributed by atoms with E-state index in [1.54, 1.807) is 17.2 Å². The summed E-state index contributed by atoms with van der Waals surface area (Å²) in [5.41, 5.74) is 6.18. The van der Waals surface area contributed by atoms with E-state index < -0.39 is 5.41 Å². The number of ketones is 1. The third kappa shape index (κ3) is 2.66. The lowest BCUT2D eigenvalue weighted by atomic mass is 9.62. The predicted octanol–water partition coefficient (Wildman–Crippen LogP) is 1.43. The van der Waals surface area contributed by atoms with Crippen LogP contribution < -0.4 is 10.6 Å². The third-order valence-corrected chi connectivity index (χ3v) is 4.88. The molecule has 0 radical (unpaired) electrons. The Hall–Kier alpha value is -2.37. The molecule has 0 atom stereocenters. The summed E-state index contributed by atoms with van der Waals surface area (Å²) in [6.45, 7) is 5.04. The highest BCUT2D eigenvalue weighted by atomic mass is 16.2. The van der Waals surface area contributed by atoms with E-state index >= 15 is 0 Å². The summed E-state index contributed by atoms with van der Waals surface area (Å²) in [5.74, 6) is 0.788. The molecule has 1 amide bonds. The zero-order valence-electron chi connectivity index (χ0n) is 14.7. The zero-order valence-corrected chi connectivity index (χ0v) is 14.7. The van der Waals surface area contributed by atoms with Crippen LogP contribution in [0, 0.1) is 10.8 Å². The number of carbonyl (C=O) groups excluding carboxylic acids is 2. The van der Waals surface area contributed by atoms with E-state index in [9.17, 15) is 9.59 Å². The molecule has 1 aliphatic heterocycles. The molecule has 1 saturated heterocycles. The lowest BCUT2D eigenvalue weighted by Crippen LogP contribution is -2.61. The maximum absolute atomic E-state index is 12.6. The number of likely N-dealkylation sites (tertiary alicyclic amines) is 1. The minimum atomic E-state index is -0.469. The summed E-state index contributed by atoms with van der Waals surface area (Å²) in [6.07, 6.45) is 4.19. The summed E-state index contributed by atoms with van der Waals surface area (Å²) in [5, 5.41) is 0. The van der Waals surface area contributed by atoms with Crippen molar-refractivity contribution in [2.45, 2.75) is 20.3 Å². The molecule has 128 valence electrons. The molecule has 6 heteroatoms. The summed E-state index contributed by atoms with van der Waals surface area (Å²) < 4.78 is 0. The normalized spacial score (nSPS) is 21.2. The van der Waals surface area contributed by atoms with Gasteiger partial charge < -0.3 is 15.5 Å². The van der Waals surface area contributed by atoms with Crippen molar-refractivity contribution in [3.63, 3.8) is 0 Å². The summed E-state index contributed by atoms with van der Waals surface area (Å²) in [6, 6.07) is 3.64. The summed E-state index contributed by atoms with van der Waals surface area (Å²) in [4.78, 5) is 32.7. The van der Waals surface area contributed by atoms with Crippen LogP contribution in [0.25, 0.3) is 0 Å². The van der Waals surface area contributed by atoms with Gasteiger partial charge in [-0.05, 0) is 24.6 Å². The van der Waals surface area contributed by atoms with E-state index in [4.69, 9.17) is 5.73 Å². The Balaban J connectivity index is 1.72. The molecule has 1 aromatic rings. The number of allylic oxidation sites excluding steroid dienone is 1. The molecule has 6 nitrogen and oxygen atoms in total. The number of hydrogen-bond donors (Lipinski definition) is 1. The summed E-state index contributed by atoms with van der Waals surface area (Å²) in [7, 11) is 3.82. The second kappa shape index (κ2) is 5.33. The molecule has 1 aliphatic carbocycles. The van der Waals surface area contributed by atoms with Gasteiger partial charge in [-0.3, -0.25) is 9.59 Å². The molecular weight excluding hydrogens is 304 g/mol. The first-order valence-electron chi connectivity index (χ1n) is 8.09. The van der Waals surface area contributed by atoms with Crippen LogP contribution >= 0.6 is 0 Å². The van der Waals surface area contributed by atoms with Gasteiger partial charge in [-0.25, -0.2) is 4.98 Å². The fourth-order valence-corrected chi connectivity index (χ4v) is 3.82. The maximum atomic E-state index is 12.6. The number of aromatic nitrogens is 1. The number of amides is 1. The van der Waals surface area contributed by atoms with E-state index in [1.807, 2.05) is 45.0 Å². The maximum Gasteiger partial charge on any atom is 0.255 e. The van der Waals surface area contributed by atoms with Gasteiger partial charge in [-0.1, -0.05) is 13.8 Å². The van der Waals surface area contributed by atoms with E-state index in [0.717, 1.165) is 12.2 Å². The highest BCUT2D eigenvalue weighted by Crippen LogP contribution is 2.47. The van der Waals surface area contributed by atoms with Crippen molar-refractivity contribution in [2.24, 2.45) is 16.6 Å². The van der Waals surface area contributed by atoms with Crippen molar-refractivity contribution in [1.82, 2.24) is 9.88 Å². The summed E-state index contributed by atoms with van der Waals surface area (Å²) >= 11 is 0. The van der Waals surface area contributed by atoms with Crippen LogP contribution in [0.2, 0.25) is 0 Å². The molecule has 0 bridgehead atoms. The third-order valence-electron chi connectivity index (χ3n) is 4.88. The van der Waals surface area contributed by atoms with Gasteiger partial charge in [0.2, 0.25) is 0 Å². The zero-order chi connectivity index (χ0) is 17.7. The molecule has 1 aromatic heterocycles. The fourth-order valence-electron chi connectivity index (χ4n) is 3.82. The van der Waals surface area contributed by atoms with Crippen LogP contribution in [0.5, 0.6) is 0 Å². The van der Waals surface area contributed by atoms with Gasteiger partial charge in [0.1, 0.15) is 5.82 Å². The molecule has 0 saturated carbocycles. The number of pyridine rings is 1. The molecule has 1 spiro atoms. The Bertz CT molecular complexity index is 713. The first-order valence-corrected chi connectivity index (χ1v) is 8.09. The van der Waals surface area contributed by atoms with Gasteiger partial charge in [-0.15, -0.1) is 0 Å². The van der Waals surface area contributed by atoms with Crippen LogP contribution in [0.15, 0.2) is 30.1 Å². The van der Waals surface area contributed by atoms with Gasteiger partial charge in [0.25, 0.3) is 5.91 Å². The minimum absolute atomic E-state index is 0.00127. The minimum Gasteiger partial charge on any atom is -0.396 e. The Labute approximate surface area is 142 Å². The molecule has 0 unspecified atom stereocenters. The highest BCUT2D eigenvalue weighted by molar-refractivity contribution is 6.00.